The Bertz CT molecular complexity index is 800. The minimum Gasteiger partial charge on any atom is -0.457 e. The molecule has 0 aliphatic heterocycles. The molecule has 0 amide bonds. The van der Waals surface area contributed by atoms with Crippen molar-refractivity contribution in [2.75, 3.05) is 6.61 Å². The summed E-state index contributed by atoms with van der Waals surface area (Å²) in [4.78, 5) is 26.4. The molecular weight excluding hydrogens is 284 g/mol. The van der Waals surface area contributed by atoms with E-state index in [0.717, 1.165) is 11.6 Å². The van der Waals surface area contributed by atoms with E-state index in [9.17, 15) is 9.59 Å². The second-order valence-electron chi connectivity index (χ2n) is 4.56. The molecule has 0 radical (unpaired) electrons. The zero-order valence-electron chi connectivity index (χ0n) is 12.2. The summed E-state index contributed by atoms with van der Waals surface area (Å²) in [7, 11) is 0. The van der Waals surface area contributed by atoms with E-state index in [1.807, 2.05) is 19.1 Å². The largest absolute Gasteiger partial charge is 0.457 e. The van der Waals surface area contributed by atoms with Crippen LogP contribution in [0.4, 0.5) is 0 Å². The van der Waals surface area contributed by atoms with Crippen molar-refractivity contribution < 1.29 is 18.7 Å². The number of hydrogen-bond acceptors (Lipinski definition) is 4. The second kappa shape index (κ2) is 6.65. The van der Waals surface area contributed by atoms with E-state index in [2.05, 4.69) is 4.79 Å². The summed E-state index contributed by atoms with van der Waals surface area (Å²) < 4.78 is 10.3. The fourth-order valence-corrected chi connectivity index (χ4v) is 1.84. The molecule has 0 bridgehead atoms. The van der Waals surface area contributed by atoms with Gasteiger partial charge in [0, 0.05) is 17.7 Å². The summed E-state index contributed by atoms with van der Waals surface area (Å²) in [5, 5.41) is 0. The Morgan fingerprint density at radius 1 is 1.27 bits per heavy atom. The predicted molar refractivity (Wildman–Crippen MR) is 79.5 cm³/mol. The highest BCUT2D eigenvalue weighted by atomic mass is 16.5. The molecule has 0 saturated heterocycles. The molecule has 1 heterocycles. The fraction of sp³-hybridized carbons (Fsp3) is 0.188. The molecule has 6 nitrogen and oxygen atoms in total. The van der Waals surface area contributed by atoms with Crippen molar-refractivity contribution in [3.63, 3.8) is 0 Å². The van der Waals surface area contributed by atoms with Crippen molar-refractivity contribution >= 4 is 11.7 Å². The van der Waals surface area contributed by atoms with Crippen molar-refractivity contribution in [1.29, 1.82) is 0 Å². The van der Waals surface area contributed by atoms with Crippen LogP contribution in [0.15, 0.2) is 45.6 Å². The molecule has 0 fully saturated rings. The third-order valence-electron chi connectivity index (χ3n) is 2.90. The van der Waals surface area contributed by atoms with Crippen molar-refractivity contribution in [3.05, 3.63) is 63.5 Å². The first-order valence-electron chi connectivity index (χ1n) is 6.67. The highest BCUT2D eigenvalue weighted by Gasteiger charge is 2.28. The van der Waals surface area contributed by atoms with Gasteiger partial charge in [0.25, 0.3) is 0 Å². The first-order chi connectivity index (χ1) is 10.5. The monoisotopic (exact) mass is 298 g/mol. The van der Waals surface area contributed by atoms with E-state index < -0.39 is 11.7 Å². The fourth-order valence-electron chi connectivity index (χ4n) is 1.84. The summed E-state index contributed by atoms with van der Waals surface area (Å²) in [6.07, 6.45) is 0. The number of aryl methyl sites for hydroxylation is 1. The number of ether oxygens (including phenoxy) is 1. The summed E-state index contributed by atoms with van der Waals surface area (Å²) >= 11 is 0. The molecule has 1 aromatic heterocycles. The van der Waals surface area contributed by atoms with Crippen LogP contribution in [-0.2, 0) is 9.53 Å². The summed E-state index contributed by atoms with van der Waals surface area (Å²) in [5.74, 6) is -0.744. The zero-order chi connectivity index (χ0) is 16.1. The second-order valence-corrected chi connectivity index (χ2v) is 4.56. The van der Waals surface area contributed by atoms with Crippen LogP contribution >= 0.6 is 0 Å². The Morgan fingerprint density at radius 2 is 1.95 bits per heavy atom. The van der Waals surface area contributed by atoms with E-state index in [1.165, 1.54) is 6.07 Å². The quantitative estimate of drug-likeness (QED) is 0.374. The number of carbonyl (C=O) groups excluding carboxylic acids is 1. The van der Waals surface area contributed by atoms with Gasteiger partial charge in [-0.25, -0.2) is 4.79 Å². The molecule has 0 saturated carbocycles. The average Bonchev–Trinajstić information content (AvgIpc) is 2.48. The Labute approximate surface area is 126 Å². The standard InChI is InChI=1S/C16H14N2O4/c1-3-21-16(20)15(18-17)14-9-12(19)8-13(22-14)11-6-4-10(2)5-7-11/h4-9H,3H2,1-2H3. The topological polar surface area (TPSA) is 92.9 Å². The van der Waals surface area contributed by atoms with E-state index in [-0.39, 0.29) is 23.6 Å². The lowest BCUT2D eigenvalue weighted by Gasteiger charge is -2.03. The Morgan fingerprint density at radius 3 is 2.55 bits per heavy atom. The van der Waals surface area contributed by atoms with Gasteiger partial charge in [0.2, 0.25) is 5.76 Å². The minimum atomic E-state index is -0.866. The smallest absolute Gasteiger partial charge is 0.441 e. The molecule has 112 valence electrons. The molecule has 0 N–H and O–H groups in total. The number of rotatable bonds is 4. The van der Waals surface area contributed by atoms with Crippen molar-refractivity contribution in [2.45, 2.75) is 13.8 Å². The van der Waals surface area contributed by atoms with E-state index in [4.69, 9.17) is 14.7 Å². The summed E-state index contributed by atoms with van der Waals surface area (Å²) in [5.41, 5.74) is 9.90. The SMILES string of the molecule is CCOC(=O)C(=[N+]=[N-])c1cc(=O)cc(-c2ccc(C)cc2)o1. The molecule has 2 rings (SSSR count). The van der Waals surface area contributed by atoms with Crippen LogP contribution in [0.2, 0.25) is 0 Å². The van der Waals surface area contributed by atoms with Gasteiger partial charge in [-0.15, -0.1) is 0 Å². The van der Waals surface area contributed by atoms with Crippen molar-refractivity contribution in [2.24, 2.45) is 0 Å². The highest BCUT2D eigenvalue weighted by Crippen LogP contribution is 2.19. The van der Waals surface area contributed by atoms with Crippen LogP contribution in [-0.4, -0.2) is 23.1 Å². The van der Waals surface area contributed by atoms with Gasteiger partial charge < -0.3 is 14.7 Å². The summed E-state index contributed by atoms with van der Waals surface area (Å²) in [6, 6.07) is 9.69. The first kappa shape index (κ1) is 15.4. The molecule has 0 aliphatic carbocycles. The van der Waals surface area contributed by atoms with Gasteiger partial charge in [0.1, 0.15) is 5.76 Å². The van der Waals surface area contributed by atoms with Crippen LogP contribution < -0.4 is 5.43 Å². The van der Waals surface area contributed by atoms with Crippen LogP contribution in [0.5, 0.6) is 0 Å². The maximum atomic E-state index is 11.8. The van der Waals surface area contributed by atoms with E-state index in [1.54, 1.807) is 19.1 Å². The average molecular weight is 298 g/mol. The summed E-state index contributed by atoms with van der Waals surface area (Å²) in [6.45, 7) is 3.67. The van der Waals surface area contributed by atoms with Crippen LogP contribution in [0.25, 0.3) is 16.9 Å². The highest BCUT2D eigenvalue weighted by molar-refractivity contribution is 6.39. The van der Waals surface area contributed by atoms with E-state index >= 15 is 0 Å². The molecule has 2 aromatic rings. The third kappa shape index (κ3) is 3.37. The molecule has 0 aliphatic rings. The Kier molecular flexibility index (Phi) is 4.66. The lowest BCUT2D eigenvalue weighted by atomic mass is 10.1. The maximum absolute atomic E-state index is 11.8. The maximum Gasteiger partial charge on any atom is 0.441 e. The van der Waals surface area contributed by atoms with E-state index in [0.29, 0.717) is 5.56 Å². The van der Waals surface area contributed by atoms with Crippen LogP contribution in [0, 0.1) is 6.92 Å². The molecule has 0 atom stereocenters. The molecular formula is C16H14N2O4. The van der Waals surface area contributed by atoms with Crippen molar-refractivity contribution in [1.82, 2.24) is 0 Å². The van der Waals surface area contributed by atoms with Crippen molar-refractivity contribution in [3.8, 4) is 11.3 Å². The molecule has 6 heteroatoms. The van der Waals surface area contributed by atoms with Gasteiger partial charge in [-0.2, -0.15) is 4.79 Å². The van der Waals surface area contributed by atoms with Crippen LogP contribution in [0.3, 0.4) is 0 Å². The van der Waals surface area contributed by atoms with Gasteiger partial charge in [-0.3, -0.25) is 4.79 Å². The van der Waals surface area contributed by atoms with Gasteiger partial charge in [0.05, 0.1) is 6.61 Å². The molecule has 1 aromatic carbocycles. The number of hydrogen-bond donors (Lipinski definition) is 0. The third-order valence-corrected chi connectivity index (χ3v) is 2.90. The number of benzene rings is 1. The zero-order valence-corrected chi connectivity index (χ0v) is 12.2. The lowest BCUT2D eigenvalue weighted by Crippen LogP contribution is -2.21. The Balaban J connectivity index is 2.51. The molecule has 0 unspecified atom stereocenters. The number of esters is 1. The van der Waals surface area contributed by atoms with Gasteiger partial charge in [-0.05, 0) is 13.8 Å². The van der Waals surface area contributed by atoms with Gasteiger partial charge in [-0.1, -0.05) is 29.8 Å². The molecule has 0 spiro atoms. The minimum absolute atomic E-state index is 0.111. The number of nitrogens with zero attached hydrogens (tertiary/aromatic N) is 2. The van der Waals surface area contributed by atoms with Crippen LogP contribution in [0.1, 0.15) is 18.2 Å². The predicted octanol–water partition coefficient (Wildman–Crippen LogP) is 2.20. The Hall–Kier alpha value is -2.98. The lowest BCUT2D eigenvalue weighted by molar-refractivity contribution is -0.139. The molecule has 22 heavy (non-hydrogen) atoms. The van der Waals surface area contributed by atoms with Gasteiger partial charge in [0.15, 0.2) is 5.43 Å². The normalized spacial score (nSPS) is 9.91. The first-order valence-corrected chi connectivity index (χ1v) is 6.67. The number of carbonyl (C=O) groups is 1. The van der Waals surface area contributed by atoms with Gasteiger partial charge >= 0.3 is 11.7 Å².